The molecule has 2 aromatic carbocycles. The first-order chi connectivity index (χ1) is 12.7. The van der Waals surface area contributed by atoms with Gasteiger partial charge in [-0.1, -0.05) is 62.2 Å². The van der Waals surface area contributed by atoms with Gasteiger partial charge in [-0.25, -0.2) is 0 Å². The lowest BCUT2D eigenvalue weighted by atomic mass is 9.77. The summed E-state index contributed by atoms with van der Waals surface area (Å²) in [4.78, 5) is 12.5. The fraction of sp³-hybridized carbons (Fsp3) is 0.458. The fourth-order valence-electron chi connectivity index (χ4n) is 4.20. The van der Waals surface area contributed by atoms with Gasteiger partial charge in [0.05, 0.1) is 6.04 Å². The number of hydrogen-bond donors (Lipinski definition) is 1. The Balaban J connectivity index is 1.56. The molecule has 0 heterocycles. The minimum absolute atomic E-state index is 0.000410. The summed E-state index contributed by atoms with van der Waals surface area (Å²) in [6.07, 6.45) is 7.99. The Bertz CT molecular complexity index is 684. The van der Waals surface area contributed by atoms with Gasteiger partial charge in [0, 0.05) is 5.56 Å². The van der Waals surface area contributed by atoms with Crippen molar-refractivity contribution in [3.8, 4) is 0 Å². The highest BCUT2D eigenvalue weighted by atomic mass is 16.1. The Hall–Kier alpha value is -2.09. The second-order valence-electron chi connectivity index (χ2n) is 7.73. The van der Waals surface area contributed by atoms with Crippen LogP contribution in [0.2, 0.25) is 0 Å². The third-order valence-electron chi connectivity index (χ3n) is 5.84. The Morgan fingerprint density at radius 2 is 1.65 bits per heavy atom. The molecule has 0 unspecified atom stereocenters. The molecule has 1 fully saturated rings. The van der Waals surface area contributed by atoms with Gasteiger partial charge in [-0.2, -0.15) is 0 Å². The molecule has 0 saturated heterocycles. The second-order valence-corrected chi connectivity index (χ2v) is 7.73. The Morgan fingerprint density at radius 1 is 1.00 bits per heavy atom. The SMILES string of the molecule is CCCC1CCC(c2ccc(C(=O)N[C@@H](C)c3ccccc3)cc2)CC1. The predicted molar refractivity (Wildman–Crippen MR) is 108 cm³/mol. The normalized spacial score (nSPS) is 21.2. The number of benzene rings is 2. The van der Waals surface area contributed by atoms with Gasteiger partial charge in [0.25, 0.3) is 5.91 Å². The summed E-state index contributed by atoms with van der Waals surface area (Å²) in [5.41, 5.74) is 3.27. The molecule has 0 bridgehead atoms. The molecule has 1 aliphatic rings. The van der Waals surface area contributed by atoms with E-state index in [1.54, 1.807) is 0 Å². The maximum absolute atomic E-state index is 12.5. The van der Waals surface area contributed by atoms with E-state index in [4.69, 9.17) is 0 Å². The number of nitrogens with one attached hydrogen (secondary N) is 1. The third-order valence-corrected chi connectivity index (χ3v) is 5.84. The van der Waals surface area contributed by atoms with Gasteiger partial charge in [-0.15, -0.1) is 0 Å². The fourth-order valence-corrected chi connectivity index (χ4v) is 4.20. The minimum atomic E-state index is -0.000410. The van der Waals surface area contributed by atoms with Crippen LogP contribution in [0.25, 0.3) is 0 Å². The summed E-state index contributed by atoms with van der Waals surface area (Å²) < 4.78 is 0. The van der Waals surface area contributed by atoms with E-state index in [2.05, 4.69) is 24.4 Å². The number of carbonyl (C=O) groups is 1. The minimum Gasteiger partial charge on any atom is -0.346 e. The van der Waals surface area contributed by atoms with Gasteiger partial charge in [-0.3, -0.25) is 4.79 Å². The molecule has 0 spiro atoms. The van der Waals surface area contributed by atoms with Crippen LogP contribution < -0.4 is 5.32 Å². The van der Waals surface area contributed by atoms with Gasteiger partial charge >= 0.3 is 0 Å². The van der Waals surface area contributed by atoms with Crippen LogP contribution in [0, 0.1) is 5.92 Å². The van der Waals surface area contributed by atoms with E-state index in [-0.39, 0.29) is 11.9 Å². The molecule has 0 aliphatic heterocycles. The van der Waals surface area contributed by atoms with Crippen molar-refractivity contribution in [2.45, 2.75) is 64.3 Å². The van der Waals surface area contributed by atoms with Gasteiger partial charge in [0.2, 0.25) is 0 Å². The maximum Gasteiger partial charge on any atom is 0.251 e. The zero-order valence-electron chi connectivity index (χ0n) is 16.1. The van der Waals surface area contributed by atoms with Crippen LogP contribution >= 0.6 is 0 Å². The zero-order valence-corrected chi connectivity index (χ0v) is 16.1. The van der Waals surface area contributed by atoms with Crippen molar-refractivity contribution in [1.29, 1.82) is 0 Å². The average Bonchev–Trinajstić information content (AvgIpc) is 2.69. The van der Waals surface area contributed by atoms with Crippen molar-refractivity contribution in [3.63, 3.8) is 0 Å². The monoisotopic (exact) mass is 349 g/mol. The maximum atomic E-state index is 12.5. The molecule has 138 valence electrons. The first kappa shape index (κ1) is 18.7. The van der Waals surface area contributed by atoms with Crippen LogP contribution in [0.1, 0.15) is 85.8 Å². The van der Waals surface area contributed by atoms with E-state index in [1.807, 2.05) is 49.4 Å². The largest absolute Gasteiger partial charge is 0.346 e. The molecular formula is C24H31NO. The van der Waals surface area contributed by atoms with Crippen molar-refractivity contribution >= 4 is 5.91 Å². The van der Waals surface area contributed by atoms with Gasteiger partial charge in [-0.05, 0) is 67.7 Å². The van der Waals surface area contributed by atoms with E-state index < -0.39 is 0 Å². The van der Waals surface area contributed by atoms with E-state index in [0.717, 1.165) is 17.0 Å². The summed E-state index contributed by atoms with van der Waals surface area (Å²) in [6, 6.07) is 18.4. The second kappa shape index (κ2) is 9.02. The molecular weight excluding hydrogens is 318 g/mol. The highest BCUT2D eigenvalue weighted by Crippen LogP contribution is 2.37. The van der Waals surface area contributed by atoms with E-state index in [0.29, 0.717) is 5.92 Å². The number of rotatable bonds is 6. The summed E-state index contributed by atoms with van der Waals surface area (Å²) >= 11 is 0. The van der Waals surface area contributed by atoms with E-state index >= 15 is 0 Å². The Morgan fingerprint density at radius 3 is 2.27 bits per heavy atom. The third kappa shape index (κ3) is 4.75. The lowest BCUT2D eigenvalue weighted by Gasteiger charge is -2.28. The van der Waals surface area contributed by atoms with Crippen LogP contribution in [-0.4, -0.2) is 5.91 Å². The van der Waals surface area contributed by atoms with Crippen LogP contribution in [0.4, 0.5) is 0 Å². The number of hydrogen-bond acceptors (Lipinski definition) is 1. The first-order valence-corrected chi connectivity index (χ1v) is 10.1. The van der Waals surface area contributed by atoms with E-state index in [9.17, 15) is 4.79 Å². The molecule has 1 N–H and O–H groups in total. The molecule has 1 aliphatic carbocycles. The first-order valence-electron chi connectivity index (χ1n) is 10.1. The standard InChI is InChI=1S/C24H31NO/c1-3-7-19-10-12-21(13-11-19)22-14-16-23(17-15-22)24(26)25-18(2)20-8-5-4-6-9-20/h4-6,8-9,14-19,21H,3,7,10-13H2,1-2H3,(H,25,26)/t18-,19?,21?/m0/s1. The summed E-state index contributed by atoms with van der Waals surface area (Å²) in [7, 11) is 0. The molecule has 1 amide bonds. The van der Waals surface area contributed by atoms with Crippen LogP contribution in [-0.2, 0) is 0 Å². The number of amides is 1. The van der Waals surface area contributed by atoms with Crippen LogP contribution in [0.3, 0.4) is 0 Å². The average molecular weight is 350 g/mol. The molecule has 26 heavy (non-hydrogen) atoms. The molecule has 2 heteroatoms. The van der Waals surface area contributed by atoms with Crippen molar-refractivity contribution in [2.75, 3.05) is 0 Å². The predicted octanol–water partition coefficient (Wildman–Crippen LogP) is 6.25. The summed E-state index contributed by atoms with van der Waals surface area (Å²) in [5.74, 6) is 1.60. The molecule has 3 rings (SSSR count). The molecule has 0 aromatic heterocycles. The van der Waals surface area contributed by atoms with Crippen molar-refractivity contribution in [3.05, 3.63) is 71.3 Å². The van der Waals surface area contributed by atoms with Gasteiger partial charge in [0.1, 0.15) is 0 Å². The summed E-state index contributed by atoms with van der Waals surface area (Å²) in [5, 5.41) is 3.09. The Labute approximate surface area is 158 Å². The molecule has 1 saturated carbocycles. The molecule has 0 radical (unpaired) electrons. The molecule has 2 nitrogen and oxygen atoms in total. The highest BCUT2D eigenvalue weighted by Gasteiger charge is 2.22. The van der Waals surface area contributed by atoms with Crippen molar-refractivity contribution in [2.24, 2.45) is 5.92 Å². The van der Waals surface area contributed by atoms with Gasteiger partial charge < -0.3 is 5.32 Å². The van der Waals surface area contributed by atoms with Crippen LogP contribution in [0.5, 0.6) is 0 Å². The molecule has 2 aromatic rings. The molecule has 1 atom stereocenters. The van der Waals surface area contributed by atoms with E-state index in [1.165, 1.54) is 44.1 Å². The van der Waals surface area contributed by atoms with Crippen molar-refractivity contribution < 1.29 is 4.79 Å². The summed E-state index contributed by atoms with van der Waals surface area (Å²) in [6.45, 7) is 4.31. The lowest BCUT2D eigenvalue weighted by Crippen LogP contribution is -2.26. The van der Waals surface area contributed by atoms with Crippen molar-refractivity contribution in [1.82, 2.24) is 5.32 Å². The lowest BCUT2D eigenvalue weighted by molar-refractivity contribution is 0.0940. The quantitative estimate of drug-likeness (QED) is 0.656. The smallest absolute Gasteiger partial charge is 0.251 e. The number of carbonyl (C=O) groups excluding carboxylic acids is 1. The zero-order chi connectivity index (χ0) is 18.4. The van der Waals surface area contributed by atoms with Crippen LogP contribution in [0.15, 0.2) is 54.6 Å². The Kier molecular flexibility index (Phi) is 6.49. The highest BCUT2D eigenvalue weighted by molar-refractivity contribution is 5.94. The topological polar surface area (TPSA) is 29.1 Å². The van der Waals surface area contributed by atoms with Gasteiger partial charge in [0.15, 0.2) is 0 Å².